The molecule has 33 heavy (non-hydrogen) atoms. The molecule has 2 N–H and O–H groups in total. The molecular weight excluding hydrogens is 440 g/mol. The Morgan fingerprint density at radius 2 is 1.42 bits per heavy atom. The zero-order valence-corrected chi connectivity index (χ0v) is 19.7. The SMILES string of the molecule is COc1ccc(C(=O)Nc2ccc(SC(C)C(=O)Nc3ccc(OC)cc3OC)cc2)cc1. The summed E-state index contributed by atoms with van der Waals surface area (Å²) >= 11 is 1.42. The molecule has 0 fully saturated rings. The van der Waals surface area contributed by atoms with Crippen molar-refractivity contribution < 1.29 is 23.8 Å². The van der Waals surface area contributed by atoms with Gasteiger partial charge in [-0.05, 0) is 67.6 Å². The zero-order valence-electron chi connectivity index (χ0n) is 18.9. The van der Waals surface area contributed by atoms with E-state index in [4.69, 9.17) is 14.2 Å². The van der Waals surface area contributed by atoms with E-state index in [9.17, 15) is 9.59 Å². The summed E-state index contributed by atoms with van der Waals surface area (Å²) in [7, 11) is 4.69. The van der Waals surface area contributed by atoms with E-state index in [0.717, 1.165) is 4.90 Å². The predicted octanol–water partition coefficient (Wildman–Crippen LogP) is 5.08. The van der Waals surface area contributed by atoms with Crippen LogP contribution in [0, 0.1) is 0 Å². The minimum atomic E-state index is -0.350. The Labute approximate surface area is 197 Å². The fourth-order valence-electron chi connectivity index (χ4n) is 2.96. The van der Waals surface area contributed by atoms with Gasteiger partial charge in [-0.1, -0.05) is 0 Å². The molecule has 0 saturated heterocycles. The highest BCUT2D eigenvalue weighted by molar-refractivity contribution is 8.00. The first-order chi connectivity index (χ1) is 15.9. The predicted molar refractivity (Wildman–Crippen MR) is 131 cm³/mol. The van der Waals surface area contributed by atoms with Crippen molar-refractivity contribution in [3.05, 3.63) is 72.3 Å². The number of rotatable bonds is 9. The third-order valence-electron chi connectivity index (χ3n) is 4.81. The lowest BCUT2D eigenvalue weighted by atomic mass is 10.2. The van der Waals surface area contributed by atoms with Crippen molar-refractivity contribution in [1.29, 1.82) is 0 Å². The van der Waals surface area contributed by atoms with Crippen molar-refractivity contribution >= 4 is 35.0 Å². The molecule has 0 aliphatic rings. The highest BCUT2D eigenvalue weighted by atomic mass is 32.2. The summed E-state index contributed by atoms with van der Waals surface area (Å²) in [5.74, 6) is 1.50. The summed E-state index contributed by atoms with van der Waals surface area (Å²) in [6, 6.07) is 19.5. The van der Waals surface area contributed by atoms with Crippen molar-refractivity contribution in [3.8, 4) is 17.2 Å². The molecule has 0 aromatic heterocycles. The summed E-state index contributed by atoms with van der Waals surface area (Å²) in [5, 5.41) is 5.40. The first-order valence-corrected chi connectivity index (χ1v) is 11.1. The molecule has 0 spiro atoms. The summed E-state index contributed by atoms with van der Waals surface area (Å²) in [6.07, 6.45) is 0. The monoisotopic (exact) mass is 466 g/mol. The fourth-order valence-corrected chi connectivity index (χ4v) is 3.82. The molecule has 8 heteroatoms. The van der Waals surface area contributed by atoms with Crippen LogP contribution in [0.3, 0.4) is 0 Å². The van der Waals surface area contributed by atoms with Crippen LogP contribution in [-0.4, -0.2) is 38.4 Å². The number of thioether (sulfide) groups is 1. The average molecular weight is 467 g/mol. The molecule has 0 bridgehead atoms. The largest absolute Gasteiger partial charge is 0.497 e. The summed E-state index contributed by atoms with van der Waals surface area (Å²) in [5.41, 5.74) is 1.78. The van der Waals surface area contributed by atoms with Crippen molar-refractivity contribution in [2.75, 3.05) is 32.0 Å². The number of amides is 2. The van der Waals surface area contributed by atoms with Crippen LogP contribution >= 0.6 is 11.8 Å². The second-order valence-electron chi connectivity index (χ2n) is 7.02. The lowest BCUT2D eigenvalue weighted by Crippen LogP contribution is -2.22. The summed E-state index contributed by atoms with van der Waals surface area (Å²) < 4.78 is 15.6. The van der Waals surface area contributed by atoms with Crippen LogP contribution in [0.1, 0.15) is 17.3 Å². The molecule has 1 unspecified atom stereocenters. The molecule has 0 saturated carbocycles. The zero-order chi connectivity index (χ0) is 23.8. The van der Waals surface area contributed by atoms with Crippen LogP contribution in [0.4, 0.5) is 11.4 Å². The average Bonchev–Trinajstić information content (AvgIpc) is 2.85. The van der Waals surface area contributed by atoms with Gasteiger partial charge in [-0.25, -0.2) is 0 Å². The van der Waals surface area contributed by atoms with E-state index >= 15 is 0 Å². The van der Waals surface area contributed by atoms with Gasteiger partial charge in [0.15, 0.2) is 0 Å². The molecule has 3 aromatic carbocycles. The molecule has 172 valence electrons. The van der Waals surface area contributed by atoms with E-state index in [-0.39, 0.29) is 17.1 Å². The number of benzene rings is 3. The van der Waals surface area contributed by atoms with Crippen molar-refractivity contribution in [3.63, 3.8) is 0 Å². The Kier molecular flexibility index (Phi) is 8.21. The van der Waals surface area contributed by atoms with E-state index < -0.39 is 0 Å². The Morgan fingerprint density at radius 1 is 0.788 bits per heavy atom. The minimum Gasteiger partial charge on any atom is -0.497 e. The van der Waals surface area contributed by atoms with Crippen LogP contribution in [0.15, 0.2) is 71.6 Å². The molecule has 7 nitrogen and oxygen atoms in total. The van der Waals surface area contributed by atoms with Gasteiger partial charge in [0.1, 0.15) is 17.2 Å². The third kappa shape index (κ3) is 6.43. The Morgan fingerprint density at radius 3 is 2.03 bits per heavy atom. The third-order valence-corrected chi connectivity index (χ3v) is 5.93. The fraction of sp³-hybridized carbons (Fsp3) is 0.200. The lowest BCUT2D eigenvalue weighted by Gasteiger charge is -2.15. The molecular formula is C25H26N2O5S. The molecule has 1 atom stereocenters. The number of carbonyl (C=O) groups is 2. The van der Waals surface area contributed by atoms with Gasteiger partial charge in [0.25, 0.3) is 5.91 Å². The maximum atomic E-state index is 12.7. The lowest BCUT2D eigenvalue weighted by molar-refractivity contribution is -0.115. The normalized spacial score (nSPS) is 11.3. The van der Waals surface area contributed by atoms with Gasteiger partial charge < -0.3 is 24.8 Å². The van der Waals surface area contributed by atoms with Crippen LogP contribution in [0.5, 0.6) is 17.2 Å². The Hall–Kier alpha value is -3.65. The molecule has 3 rings (SSSR count). The van der Waals surface area contributed by atoms with E-state index in [1.807, 2.05) is 19.1 Å². The van der Waals surface area contributed by atoms with Crippen LogP contribution in [0.2, 0.25) is 0 Å². The van der Waals surface area contributed by atoms with Crippen LogP contribution in [-0.2, 0) is 4.79 Å². The highest BCUT2D eigenvalue weighted by Gasteiger charge is 2.17. The quantitative estimate of drug-likeness (QED) is 0.428. The summed E-state index contributed by atoms with van der Waals surface area (Å²) in [6.45, 7) is 1.83. The maximum Gasteiger partial charge on any atom is 0.255 e. The second-order valence-corrected chi connectivity index (χ2v) is 8.44. The number of anilines is 2. The van der Waals surface area contributed by atoms with Gasteiger partial charge in [-0.2, -0.15) is 0 Å². The molecule has 0 aliphatic heterocycles. The van der Waals surface area contributed by atoms with E-state index in [0.29, 0.717) is 34.2 Å². The number of nitrogens with one attached hydrogen (secondary N) is 2. The van der Waals surface area contributed by atoms with E-state index in [1.165, 1.54) is 18.9 Å². The van der Waals surface area contributed by atoms with Crippen molar-refractivity contribution in [2.45, 2.75) is 17.1 Å². The number of hydrogen-bond acceptors (Lipinski definition) is 6. The first kappa shape index (κ1) is 24.0. The van der Waals surface area contributed by atoms with Crippen LogP contribution < -0.4 is 24.8 Å². The minimum absolute atomic E-state index is 0.152. The second kappa shape index (κ2) is 11.3. The van der Waals surface area contributed by atoms with Crippen molar-refractivity contribution in [1.82, 2.24) is 0 Å². The molecule has 3 aromatic rings. The van der Waals surface area contributed by atoms with Gasteiger partial charge in [0, 0.05) is 22.2 Å². The number of carbonyl (C=O) groups excluding carboxylic acids is 2. The van der Waals surface area contributed by atoms with Crippen molar-refractivity contribution in [2.24, 2.45) is 0 Å². The summed E-state index contributed by atoms with van der Waals surface area (Å²) in [4.78, 5) is 26.0. The Balaban J connectivity index is 1.57. The van der Waals surface area contributed by atoms with Gasteiger partial charge in [0.2, 0.25) is 5.91 Å². The molecule has 2 amide bonds. The Bertz CT molecular complexity index is 1100. The number of methoxy groups -OCH3 is 3. The van der Waals surface area contributed by atoms with Gasteiger partial charge in [-0.15, -0.1) is 11.8 Å². The van der Waals surface area contributed by atoms with Gasteiger partial charge >= 0.3 is 0 Å². The number of ether oxygens (including phenoxy) is 3. The first-order valence-electron chi connectivity index (χ1n) is 10.2. The molecule has 0 aliphatic carbocycles. The van der Waals surface area contributed by atoms with E-state index in [2.05, 4.69) is 10.6 Å². The van der Waals surface area contributed by atoms with Gasteiger partial charge in [0.05, 0.1) is 32.3 Å². The smallest absolute Gasteiger partial charge is 0.255 e. The number of hydrogen-bond donors (Lipinski definition) is 2. The van der Waals surface area contributed by atoms with Gasteiger partial charge in [-0.3, -0.25) is 9.59 Å². The molecule has 0 heterocycles. The van der Waals surface area contributed by atoms with Crippen LogP contribution in [0.25, 0.3) is 0 Å². The standard InChI is InChI=1S/C25H26N2O5S/c1-16(24(28)27-22-14-11-20(31-3)15-23(22)32-4)33-21-12-7-18(8-13-21)26-25(29)17-5-9-19(30-2)10-6-17/h5-16H,1-4H3,(H,26,29)(H,27,28). The molecule has 0 radical (unpaired) electrons. The van der Waals surface area contributed by atoms with E-state index in [1.54, 1.807) is 68.8 Å². The maximum absolute atomic E-state index is 12.7. The topological polar surface area (TPSA) is 85.9 Å². The highest BCUT2D eigenvalue weighted by Crippen LogP contribution is 2.31.